The summed E-state index contributed by atoms with van der Waals surface area (Å²) in [5.74, 6) is 0.254. The van der Waals surface area contributed by atoms with Crippen LogP contribution < -0.4 is 14.8 Å². The monoisotopic (exact) mass is 347 g/mol. The molecule has 1 amide bonds. The van der Waals surface area contributed by atoms with E-state index in [1.54, 1.807) is 49.4 Å². The first-order chi connectivity index (χ1) is 11.5. The lowest BCUT2D eigenvalue weighted by molar-refractivity contribution is -0.134. The number of nitrogens with one attached hydrogen (secondary N) is 1. The van der Waals surface area contributed by atoms with Crippen molar-refractivity contribution in [1.82, 2.24) is 0 Å². The van der Waals surface area contributed by atoms with Gasteiger partial charge < -0.3 is 14.8 Å². The van der Waals surface area contributed by atoms with Gasteiger partial charge in [-0.25, -0.2) is 0 Å². The van der Waals surface area contributed by atoms with Crippen LogP contribution in [-0.4, -0.2) is 18.5 Å². The standard InChI is InChI=1S/C18H18ClNO4/c1-3-17(21)24-14-7-5-6-13(11-14)20-18(22)12-8-9-16(23-4-2)15(19)10-12/h5-11H,3-4H2,1-2H3,(H,20,22). The summed E-state index contributed by atoms with van der Waals surface area (Å²) < 4.78 is 10.5. The highest BCUT2D eigenvalue weighted by Crippen LogP contribution is 2.26. The molecule has 0 spiro atoms. The minimum atomic E-state index is -0.336. The number of hydrogen-bond acceptors (Lipinski definition) is 4. The fourth-order valence-corrected chi connectivity index (χ4v) is 2.19. The number of carbonyl (C=O) groups is 2. The molecule has 5 nitrogen and oxygen atoms in total. The molecule has 0 radical (unpaired) electrons. The van der Waals surface area contributed by atoms with E-state index >= 15 is 0 Å². The Labute approximate surface area is 145 Å². The van der Waals surface area contributed by atoms with E-state index in [4.69, 9.17) is 21.1 Å². The molecule has 2 aromatic rings. The van der Waals surface area contributed by atoms with Gasteiger partial charge in [-0.05, 0) is 37.3 Å². The van der Waals surface area contributed by atoms with Gasteiger partial charge in [0.2, 0.25) is 0 Å². The first-order valence-corrected chi connectivity index (χ1v) is 7.95. The Morgan fingerprint density at radius 2 is 1.92 bits per heavy atom. The third-order valence-corrected chi connectivity index (χ3v) is 3.40. The summed E-state index contributed by atoms with van der Waals surface area (Å²) in [5.41, 5.74) is 0.922. The van der Waals surface area contributed by atoms with Gasteiger partial charge in [-0.1, -0.05) is 24.6 Å². The zero-order chi connectivity index (χ0) is 17.5. The number of hydrogen-bond donors (Lipinski definition) is 1. The Morgan fingerprint density at radius 3 is 2.58 bits per heavy atom. The van der Waals surface area contributed by atoms with Crippen LogP contribution in [0.25, 0.3) is 0 Å². The summed E-state index contributed by atoms with van der Waals surface area (Å²) >= 11 is 6.09. The molecule has 0 unspecified atom stereocenters. The predicted octanol–water partition coefficient (Wildman–Crippen LogP) is 4.31. The van der Waals surface area contributed by atoms with Gasteiger partial charge in [0.25, 0.3) is 5.91 Å². The summed E-state index contributed by atoms with van der Waals surface area (Å²) in [6.45, 7) is 4.06. The van der Waals surface area contributed by atoms with Gasteiger partial charge in [0.1, 0.15) is 11.5 Å². The van der Waals surface area contributed by atoms with E-state index < -0.39 is 0 Å². The van der Waals surface area contributed by atoms with Crippen LogP contribution in [0.4, 0.5) is 5.69 Å². The van der Waals surface area contributed by atoms with Crippen molar-refractivity contribution < 1.29 is 19.1 Å². The van der Waals surface area contributed by atoms with E-state index in [0.29, 0.717) is 34.4 Å². The maximum Gasteiger partial charge on any atom is 0.310 e. The minimum Gasteiger partial charge on any atom is -0.492 e. The van der Waals surface area contributed by atoms with Crippen LogP contribution in [-0.2, 0) is 4.79 Å². The van der Waals surface area contributed by atoms with Crippen LogP contribution in [0.3, 0.4) is 0 Å². The summed E-state index contributed by atoms with van der Waals surface area (Å²) in [5, 5.41) is 3.11. The molecule has 0 saturated carbocycles. The third-order valence-electron chi connectivity index (χ3n) is 3.11. The average Bonchev–Trinajstić information content (AvgIpc) is 2.57. The SMILES string of the molecule is CCOc1ccc(C(=O)Nc2cccc(OC(=O)CC)c2)cc1Cl. The van der Waals surface area contributed by atoms with E-state index in [9.17, 15) is 9.59 Å². The number of carbonyl (C=O) groups excluding carboxylic acids is 2. The lowest BCUT2D eigenvalue weighted by Gasteiger charge is -2.10. The van der Waals surface area contributed by atoms with Crippen LogP contribution in [0.1, 0.15) is 30.6 Å². The van der Waals surface area contributed by atoms with E-state index in [-0.39, 0.29) is 18.3 Å². The van der Waals surface area contributed by atoms with Crippen LogP contribution in [0.15, 0.2) is 42.5 Å². The van der Waals surface area contributed by atoms with Crippen LogP contribution in [0.5, 0.6) is 11.5 Å². The second-order valence-electron chi connectivity index (χ2n) is 4.89. The molecule has 2 aromatic carbocycles. The zero-order valence-corrected chi connectivity index (χ0v) is 14.2. The lowest BCUT2D eigenvalue weighted by atomic mass is 10.2. The highest BCUT2D eigenvalue weighted by atomic mass is 35.5. The van der Waals surface area contributed by atoms with E-state index in [1.165, 1.54) is 0 Å². The minimum absolute atomic E-state index is 0.279. The van der Waals surface area contributed by atoms with Crippen LogP contribution in [0.2, 0.25) is 5.02 Å². The van der Waals surface area contributed by atoms with Crippen molar-refractivity contribution >= 4 is 29.2 Å². The Balaban J connectivity index is 2.10. The first-order valence-electron chi connectivity index (χ1n) is 7.58. The highest BCUT2D eigenvalue weighted by Gasteiger charge is 2.10. The molecule has 0 fully saturated rings. The number of rotatable bonds is 6. The first kappa shape index (κ1) is 17.8. The molecule has 0 heterocycles. The molecule has 24 heavy (non-hydrogen) atoms. The Hall–Kier alpha value is -2.53. The Morgan fingerprint density at radius 1 is 1.12 bits per heavy atom. The van der Waals surface area contributed by atoms with Gasteiger partial charge in [-0.2, -0.15) is 0 Å². The van der Waals surface area contributed by atoms with Gasteiger partial charge in [-0.15, -0.1) is 0 Å². The normalized spacial score (nSPS) is 10.1. The summed E-state index contributed by atoms with van der Waals surface area (Å²) in [6, 6.07) is 11.5. The van der Waals surface area contributed by atoms with Crippen molar-refractivity contribution in [1.29, 1.82) is 0 Å². The second-order valence-corrected chi connectivity index (χ2v) is 5.29. The maximum absolute atomic E-state index is 12.3. The quantitative estimate of drug-likeness (QED) is 0.624. The van der Waals surface area contributed by atoms with Gasteiger partial charge in [-0.3, -0.25) is 9.59 Å². The Bertz CT molecular complexity index is 746. The van der Waals surface area contributed by atoms with Crippen LogP contribution >= 0.6 is 11.6 Å². The van der Waals surface area contributed by atoms with Crippen molar-refractivity contribution in [2.24, 2.45) is 0 Å². The number of benzene rings is 2. The molecule has 0 aliphatic carbocycles. The van der Waals surface area contributed by atoms with Gasteiger partial charge in [0.05, 0.1) is 11.6 Å². The largest absolute Gasteiger partial charge is 0.492 e. The topological polar surface area (TPSA) is 64.6 Å². The number of amides is 1. The highest BCUT2D eigenvalue weighted by molar-refractivity contribution is 6.32. The molecular weight excluding hydrogens is 330 g/mol. The van der Waals surface area contributed by atoms with E-state index in [2.05, 4.69) is 5.32 Å². The molecular formula is C18H18ClNO4. The lowest BCUT2D eigenvalue weighted by Crippen LogP contribution is -2.12. The Kier molecular flexibility index (Phi) is 6.21. The fourth-order valence-electron chi connectivity index (χ4n) is 1.96. The van der Waals surface area contributed by atoms with Gasteiger partial charge in [0, 0.05) is 23.7 Å². The maximum atomic E-state index is 12.3. The average molecular weight is 348 g/mol. The fraction of sp³-hybridized carbons (Fsp3) is 0.222. The third kappa shape index (κ3) is 4.73. The summed E-state index contributed by atoms with van der Waals surface area (Å²) in [4.78, 5) is 23.6. The molecule has 0 bridgehead atoms. The number of halogens is 1. The summed E-state index contributed by atoms with van der Waals surface area (Å²) in [7, 11) is 0. The predicted molar refractivity (Wildman–Crippen MR) is 92.9 cm³/mol. The summed E-state index contributed by atoms with van der Waals surface area (Å²) in [6.07, 6.45) is 0.279. The number of esters is 1. The molecule has 6 heteroatoms. The van der Waals surface area contributed by atoms with Crippen molar-refractivity contribution in [3.63, 3.8) is 0 Å². The van der Waals surface area contributed by atoms with Gasteiger partial charge >= 0.3 is 5.97 Å². The number of ether oxygens (including phenoxy) is 2. The second kappa shape index (κ2) is 8.36. The molecule has 0 saturated heterocycles. The molecule has 2 rings (SSSR count). The van der Waals surface area contributed by atoms with E-state index in [1.807, 2.05) is 6.92 Å². The molecule has 0 aromatic heterocycles. The smallest absolute Gasteiger partial charge is 0.310 e. The van der Waals surface area contributed by atoms with Crippen molar-refractivity contribution in [3.8, 4) is 11.5 Å². The van der Waals surface area contributed by atoms with Crippen molar-refractivity contribution in [3.05, 3.63) is 53.1 Å². The van der Waals surface area contributed by atoms with E-state index in [0.717, 1.165) is 0 Å². The molecule has 0 atom stereocenters. The van der Waals surface area contributed by atoms with Gasteiger partial charge in [0.15, 0.2) is 0 Å². The van der Waals surface area contributed by atoms with Crippen LogP contribution in [0, 0.1) is 0 Å². The molecule has 0 aliphatic rings. The van der Waals surface area contributed by atoms with Crippen molar-refractivity contribution in [2.75, 3.05) is 11.9 Å². The van der Waals surface area contributed by atoms with Crippen molar-refractivity contribution in [2.45, 2.75) is 20.3 Å². The molecule has 0 aliphatic heterocycles. The molecule has 126 valence electrons. The molecule has 1 N–H and O–H groups in total. The number of anilines is 1. The zero-order valence-electron chi connectivity index (χ0n) is 13.5.